The third-order valence-electron chi connectivity index (χ3n) is 2.13. The summed E-state index contributed by atoms with van der Waals surface area (Å²) >= 11 is 3.38. The molecule has 1 aromatic heterocycles. The molecule has 0 saturated carbocycles. The lowest BCUT2D eigenvalue weighted by molar-refractivity contribution is -0.137. The number of fused-ring (bicyclic) bond motifs is 1. The van der Waals surface area contributed by atoms with Gasteiger partial charge >= 0.3 is 5.97 Å². The van der Waals surface area contributed by atoms with E-state index < -0.39 is 5.97 Å². The maximum atomic E-state index is 10.4. The molecule has 2 aromatic rings. The van der Waals surface area contributed by atoms with E-state index in [0.29, 0.717) is 12.2 Å². The summed E-state index contributed by atoms with van der Waals surface area (Å²) in [5.74, 6) is -0.103. The van der Waals surface area contributed by atoms with E-state index in [2.05, 4.69) is 15.9 Å². The summed E-state index contributed by atoms with van der Waals surface area (Å²) in [5.41, 5.74) is 0.776. The number of carboxylic acids is 1. The summed E-state index contributed by atoms with van der Waals surface area (Å²) in [5, 5.41) is 9.54. The van der Waals surface area contributed by atoms with Gasteiger partial charge in [0.05, 0.1) is 10.9 Å². The van der Waals surface area contributed by atoms with Crippen molar-refractivity contribution in [1.82, 2.24) is 0 Å². The number of carbonyl (C=O) groups is 1. The van der Waals surface area contributed by atoms with Crippen LogP contribution in [0.2, 0.25) is 0 Å². The first kappa shape index (κ1) is 10.2. The minimum Gasteiger partial charge on any atom is -0.481 e. The maximum absolute atomic E-state index is 10.4. The molecule has 1 aromatic carbocycles. The number of hydrogen-bond donors (Lipinski definition) is 1. The van der Waals surface area contributed by atoms with Gasteiger partial charge in [-0.2, -0.15) is 0 Å². The van der Waals surface area contributed by atoms with Gasteiger partial charge in [-0.15, -0.1) is 0 Å². The van der Waals surface area contributed by atoms with Crippen LogP contribution in [0.5, 0.6) is 0 Å². The SMILES string of the molecule is O=C(O)CCc1cc2cccc(Br)c2o1. The van der Waals surface area contributed by atoms with Crippen molar-refractivity contribution in [3.05, 3.63) is 34.5 Å². The van der Waals surface area contributed by atoms with E-state index in [4.69, 9.17) is 9.52 Å². The quantitative estimate of drug-likeness (QED) is 0.930. The second kappa shape index (κ2) is 4.06. The van der Waals surface area contributed by atoms with Gasteiger partial charge in [0.25, 0.3) is 0 Å². The van der Waals surface area contributed by atoms with Crippen LogP contribution in [-0.2, 0) is 11.2 Å². The van der Waals surface area contributed by atoms with Crippen molar-refractivity contribution in [3.63, 3.8) is 0 Å². The smallest absolute Gasteiger partial charge is 0.303 e. The molecule has 1 N–H and O–H groups in total. The number of hydrogen-bond acceptors (Lipinski definition) is 2. The zero-order valence-electron chi connectivity index (χ0n) is 7.87. The number of carboxylic acid groups (broad SMARTS) is 1. The van der Waals surface area contributed by atoms with Gasteiger partial charge in [-0.05, 0) is 28.1 Å². The predicted octanol–water partition coefficient (Wildman–Crippen LogP) is 3.21. The first-order chi connectivity index (χ1) is 7.16. The van der Waals surface area contributed by atoms with Crippen molar-refractivity contribution < 1.29 is 14.3 Å². The Morgan fingerprint density at radius 1 is 1.47 bits per heavy atom. The average molecular weight is 269 g/mol. The van der Waals surface area contributed by atoms with E-state index >= 15 is 0 Å². The summed E-state index contributed by atoms with van der Waals surface area (Å²) in [6, 6.07) is 7.63. The third-order valence-corrected chi connectivity index (χ3v) is 2.76. The number of rotatable bonds is 3. The van der Waals surface area contributed by atoms with E-state index in [1.807, 2.05) is 24.3 Å². The summed E-state index contributed by atoms with van der Waals surface area (Å²) in [6.07, 6.45) is 0.522. The number of halogens is 1. The van der Waals surface area contributed by atoms with Crippen LogP contribution >= 0.6 is 15.9 Å². The summed E-state index contributed by atoms with van der Waals surface area (Å²) < 4.78 is 6.43. The van der Waals surface area contributed by atoms with Gasteiger partial charge in [-0.25, -0.2) is 0 Å². The second-order valence-electron chi connectivity index (χ2n) is 3.26. The molecule has 0 radical (unpaired) electrons. The normalized spacial score (nSPS) is 10.7. The molecule has 0 aliphatic carbocycles. The van der Waals surface area contributed by atoms with Gasteiger partial charge in [0.1, 0.15) is 11.3 Å². The van der Waals surface area contributed by atoms with Crippen LogP contribution < -0.4 is 0 Å². The largest absolute Gasteiger partial charge is 0.481 e. The Bertz CT molecular complexity index is 502. The molecule has 0 atom stereocenters. The van der Waals surface area contributed by atoms with Crippen molar-refractivity contribution in [3.8, 4) is 0 Å². The molecule has 0 bridgehead atoms. The molecular formula is C11H9BrO3. The van der Waals surface area contributed by atoms with E-state index in [1.54, 1.807) is 0 Å². The summed E-state index contributed by atoms with van der Waals surface area (Å²) in [7, 11) is 0. The van der Waals surface area contributed by atoms with Crippen LogP contribution in [0.15, 0.2) is 33.2 Å². The lowest BCUT2D eigenvalue weighted by atomic mass is 10.2. The highest BCUT2D eigenvalue weighted by molar-refractivity contribution is 9.10. The Morgan fingerprint density at radius 3 is 2.93 bits per heavy atom. The van der Waals surface area contributed by atoms with Gasteiger partial charge in [0.2, 0.25) is 0 Å². The van der Waals surface area contributed by atoms with Crippen molar-refractivity contribution in [2.45, 2.75) is 12.8 Å². The predicted molar refractivity (Wildman–Crippen MR) is 59.9 cm³/mol. The second-order valence-corrected chi connectivity index (χ2v) is 4.12. The topological polar surface area (TPSA) is 50.4 Å². The fourth-order valence-corrected chi connectivity index (χ4v) is 1.90. The number of aryl methyl sites for hydroxylation is 1. The van der Waals surface area contributed by atoms with Crippen LogP contribution in [0.4, 0.5) is 0 Å². The van der Waals surface area contributed by atoms with Crippen LogP contribution in [0.25, 0.3) is 11.0 Å². The monoisotopic (exact) mass is 268 g/mol. The molecule has 4 heteroatoms. The number of furan rings is 1. The van der Waals surface area contributed by atoms with E-state index in [1.165, 1.54) is 0 Å². The first-order valence-electron chi connectivity index (χ1n) is 4.55. The fraction of sp³-hybridized carbons (Fsp3) is 0.182. The zero-order chi connectivity index (χ0) is 10.8. The van der Waals surface area contributed by atoms with Crippen molar-refractivity contribution in [1.29, 1.82) is 0 Å². The van der Waals surface area contributed by atoms with E-state index in [-0.39, 0.29) is 6.42 Å². The average Bonchev–Trinajstić information content (AvgIpc) is 2.59. The number of aliphatic carboxylic acids is 1. The molecule has 0 amide bonds. The van der Waals surface area contributed by atoms with Gasteiger partial charge in [-0.1, -0.05) is 12.1 Å². The molecule has 0 spiro atoms. The molecule has 2 rings (SSSR count). The van der Waals surface area contributed by atoms with Gasteiger partial charge in [-0.3, -0.25) is 4.79 Å². The summed E-state index contributed by atoms with van der Waals surface area (Å²) in [6.45, 7) is 0. The van der Waals surface area contributed by atoms with Gasteiger partial charge < -0.3 is 9.52 Å². The molecule has 78 valence electrons. The maximum Gasteiger partial charge on any atom is 0.303 e. The Balaban J connectivity index is 2.31. The lowest BCUT2D eigenvalue weighted by Crippen LogP contribution is -1.95. The van der Waals surface area contributed by atoms with Crippen LogP contribution in [0.3, 0.4) is 0 Å². The molecule has 0 unspecified atom stereocenters. The van der Waals surface area contributed by atoms with E-state index in [0.717, 1.165) is 15.4 Å². The highest BCUT2D eigenvalue weighted by Gasteiger charge is 2.07. The minimum absolute atomic E-state index is 0.0947. The van der Waals surface area contributed by atoms with Crippen molar-refractivity contribution >= 4 is 32.9 Å². The first-order valence-corrected chi connectivity index (χ1v) is 5.35. The molecule has 0 fully saturated rings. The van der Waals surface area contributed by atoms with Crippen molar-refractivity contribution in [2.24, 2.45) is 0 Å². The van der Waals surface area contributed by atoms with Gasteiger partial charge in [0, 0.05) is 11.8 Å². The van der Waals surface area contributed by atoms with Gasteiger partial charge in [0.15, 0.2) is 0 Å². The minimum atomic E-state index is -0.811. The Morgan fingerprint density at radius 2 is 2.27 bits per heavy atom. The zero-order valence-corrected chi connectivity index (χ0v) is 9.45. The molecule has 3 nitrogen and oxygen atoms in total. The molecule has 0 aliphatic heterocycles. The Kier molecular flexibility index (Phi) is 2.77. The molecule has 1 heterocycles. The van der Waals surface area contributed by atoms with Crippen LogP contribution in [-0.4, -0.2) is 11.1 Å². The lowest BCUT2D eigenvalue weighted by Gasteiger charge is -1.92. The third kappa shape index (κ3) is 2.21. The Hall–Kier alpha value is -1.29. The fourth-order valence-electron chi connectivity index (χ4n) is 1.43. The van der Waals surface area contributed by atoms with Crippen molar-refractivity contribution in [2.75, 3.05) is 0 Å². The van der Waals surface area contributed by atoms with Crippen LogP contribution in [0, 0.1) is 0 Å². The Labute approximate surface area is 94.8 Å². The van der Waals surface area contributed by atoms with Crippen LogP contribution in [0.1, 0.15) is 12.2 Å². The highest BCUT2D eigenvalue weighted by Crippen LogP contribution is 2.27. The molecular weight excluding hydrogens is 260 g/mol. The standard InChI is InChI=1S/C11H9BrO3/c12-9-3-1-2-7-6-8(15-11(7)9)4-5-10(13)14/h1-3,6H,4-5H2,(H,13,14). The highest BCUT2D eigenvalue weighted by atomic mass is 79.9. The molecule has 0 aliphatic rings. The number of benzene rings is 1. The molecule has 15 heavy (non-hydrogen) atoms. The number of para-hydroxylation sites is 1. The van der Waals surface area contributed by atoms with E-state index in [9.17, 15) is 4.79 Å². The summed E-state index contributed by atoms with van der Waals surface area (Å²) in [4.78, 5) is 10.4. The molecule has 0 saturated heterocycles.